The van der Waals surface area contributed by atoms with Gasteiger partial charge in [-0.15, -0.1) is 0 Å². The number of rotatable bonds is 0. The molecule has 0 unspecified atom stereocenters. The minimum absolute atomic E-state index is 0.961. The van der Waals surface area contributed by atoms with Crippen molar-refractivity contribution in [3.63, 3.8) is 0 Å². The molecule has 0 saturated carbocycles. The van der Waals surface area contributed by atoms with Crippen LogP contribution < -0.4 is 0 Å². The lowest BCUT2D eigenvalue weighted by Crippen LogP contribution is -1.73. The van der Waals surface area contributed by atoms with Gasteiger partial charge in [-0.2, -0.15) is 10.2 Å². The van der Waals surface area contributed by atoms with E-state index in [4.69, 9.17) is 0 Å². The minimum Gasteiger partial charge on any atom is -0.159 e. The van der Waals surface area contributed by atoms with Gasteiger partial charge < -0.3 is 0 Å². The molecule has 66 valence electrons. The Morgan fingerprint density at radius 3 is 1.62 bits per heavy atom. The van der Waals surface area contributed by atoms with E-state index in [1.54, 1.807) is 12.4 Å². The molecule has 0 aliphatic carbocycles. The van der Waals surface area contributed by atoms with Crippen LogP contribution in [0.1, 0.15) is 0 Å². The Kier molecular flexibility index (Phi) is 4.79. The van der Waals surface area contributed by atoms with Crippen molar-refractivity contribution >= 4 is 15.9 Å². The highest BCUT2D eigenvalue weighted by molar-refractivity contribution is 9.10. The van der Waals surface area contributed by atoms with Gasteiger partial charge in [-0.1, -0.05) is 36.4 Å². The number of hydrogen-bond acceptors (Lipinski definition) is 2. The van der Waals surface area contributed by atoms with Gasteiger partial charge in [0.15, 0.2) is 0 Å². The zero-order valence-corrected chi connectivity index (χ0v) is 8.55. The summed E-state index contributed by atoms with van der Waals surface area (Å²) in [6.07, 6.45) is 3.27. The van der Waals surface area contributed by atoms with Gasteiger partial charge in [0, 0.05) is 4.47 Å². The van der Waals surface area contributed by atoms with Gasteiger partial charge in [-0.3, -0.25) is 0 Å². The maximum atomic E-state index is 3.59. The highest BCUT2D eigenvalue weighted by Crippen LogP contribution is 2.01. The average Bonchev–Trinajstić information content (AvgIpc) is 2.22. The first-order chi connectivity index (χ1) is 6.39. The largest absolute Gasteiger partial charge is 0.159 e. The van der Waals surface area contributed by atoms with Crippen LogP contribution in [-0.2, 0) is 0 Å². The molecule has 0 spiro atoms. The third kappa shape index (κ3) is 5.09. The number of nitrogens with zero attached hydrogens (tertiary/aromatic N) is 2. The van der Waals surface area contributed by atoms with Gasteiger partial charge in [-0.25, -0.2) is 0 Å². The summed E-state index contributed by atoms with van der Waals surface area (Å²) in [5.74, 6) is 0. The molecule has 0 fully saturated rings. The quantitative estimate of drug-likeness (QED) is 0.703. The van der Waals surface area contributed by atoms with Crippen LogP contribution in [-0.4, -0.2) is 10.2 Å². The lowest BCUT2D eigenvalue weighted by molar-refractivity contribution is 1.02. The fourth-order valence-electron chi connectivity index (χ4n) is 0.659. The first-order valence-electron chi connectivity index (χ1n) is 3.82. The summed E-state index contributed by atoms with van der Waals surface area (Å²) in [4.78, 5) is 0. The molecule has 2 nitrogen and oxygen atoms in total. The Morgan fingerprint density at radius 2 is 1.38 bits per heavy atom. The van der Waals surface area contributed by atoms with Gasteiger partial charge >= 0.3 is 0 Å². The summed E-state index contributed by atoms with van der Waals surface area (Å²) < 4.78 is 0.961. The summed E-state index contributed by atoms with van der Waals surface area (Å²) in [6.45, 7) is 0. The standard InChI is InChI=1S/C6H6.C4H3BrN2/c1-2-4-6-5-3-1;5-4-1-2-6-7-3-4/h1-6H;1-3H. The van der Waals surface area contributed by atoms with E-state index in [1.807, 2.05) is 42.5 Å². The summed E-state index contributed by atoms with van der Waals surface area (Å²) in [5, 5.41) is 7.15. The van der Waals surface area contributed by atoms with Crippen LogP contribution in [0.5, 0.6) is 0 Å². The molecular formula is C10H9BrN2. The van der Waals surface area contributed by atoms with Crippen LogP contribution in [0.4, 0.5) is 0 Å². The van der Waals surface area contributed by atoms with E-state index >= 15 is 0 Å². The van der Waals surface area contributed by atoms with E-state index in [1.165, 1.54) is 0 Å². The molecule has 3 heteroatoms. The Bertz CT molecular complexity index is 283. The van der Waals surface area contributed by atoms with Gasteiger partial charge in [0.2, 0.25) is 0 Å². The zero-order valence-electron chi connectivity index (χ0n) is 6.97. The molecule has 0 aliphatic rings. The van der Waals surface area contributed by atoms with Crippen LogP contribution in [0, 0.1) is 0 Å². The maximum Gasteiger partial charge on any atom is 0.0638 e. The topological polar surface area (TPSA) is 25.8 Å². The predicted octanol–water partition coefficient (Wildman–Crippen LogP) is 2.93. The molecule has 2 rings (SSSR count). The minimum atomic E-state index is 0.961. The van der Waals surface area contributed by atoms with Gasteiger partial charge in [0.05, 0.1) is 12.4 Å². The Labute approximate surface area is 85.8 Å². The SMILES string of the molecule is Brc1ccnnc1.c1ccccc1. The molecular weight excluding hydrogens is 228 g/mol. The van der Waals surface area contributed by atoms with E-state index in [-0.39, 0.29) is 0 Å². The van der Waals surface area contributed by atoms with Crippen LogP contribution in [0.25, 0.3) is 0 Å². The van der Waals surface area contributed by atoms with Crippen LogP contribution in [0.15, 0.2) is 59.3 Å². The van der Waals surface area contributed by atoms with Crippen molar-refractivity contribution in [1.82, 2.24) is 10.2 Å². The first kappa shape index (κ1) is 9.86. The molecule has 0 radical (unpaired) electrons. The second kappa shape index (κ2) is 6.31. The Balaban J connectivity index is 0.000000132. The number of hydrogen-bond donors (Lipinski definition) is 0. The van der Waals surface area contributed by atoms with Crippen LogP contribution in [0.2, 0.25) is 0 Å². The smallest absolute Gasteiger partial charge is 0.0638 e. The molecule has 0 amide bonds. The monoisotopic (exact) mass is 236 g/mol. The third-order valence-corrected chi connectivity index (χ3v) is 1.68. The van der Waals surface area contributed by atoms with E-state index in [0.29, 0.717) is 0 Å². The van der Waals surface area contributed by atoms with E-state index in [0.717, 1.165) is 4.47 Å². The molecule has 13 heavy (non-hydrogen) atoms. The third-order valence-electron chi connectivity index (χ3n) is 1.21. The molecule has 0 aliphatic heterocycles. The summed E-state index contributed by atoms with van der Waals surface area (Å²) >= 11 is 3.21. The van der Waals surface area contributed by atoms with E-state index in [9.17, 15) is 0 Å². The molecule has 1 heterocycles. The van der Waals surface area contributed by atoms with Gasteiger partial charge in [0.1, 0.15) is 0 Å². The second-order valence-electron chi connectivity index (χ2n) is 2.22. The second-order valence-corrected chi connectivity index (χ2v) is 3.13. The number of aromatic nitrogens is 2. The molecule has 0 N–H and O–H groups in total. The highest BCUT2D eigenvalue weighted by atomic mass is 79.9. The highest BCUT2D eigenvalue weighted by Gasteiger charge is 1.76. The maximum absolute atomic E-state index is 3.59. The molecule has 1 aromatic heterocycles. The molecule has 0 bridgehead atoms. The Morgan fingerprint density at radius 1 is 0.846 bits per heavy atom. The van der Waals surface area contributed by atoms with Crippen LogP contribution in [0.3, 0.4) is 0 Å². The lowest BCUT2D eigenvalue weighted by atomic mass is 10.4. The van der Waals surface area contributed by atoms with Crippen molar-refractivity contribution in [3.8, 4) is 0 Å². The first-order valence-corrected chi connectivity index (χ1v) is 4.61. The number of halogens is 1. The molecule has 2 aromatic rings. The van der Waals surface area contributed by atoms with Gasteiger partial charge in [-0.05, 0) is 22.0 Å². The zero-order chi connectivity index (χ0) is 9.36. The number of benzene rings is 1. The summed E-state index contributed by atoms with van der Waals surface area (Å²) in [5.41, 5.74) is 0. The van der Waals surface area contributed by atoms with Crippen LogP contribution >= 0.6 is 15.9 Å². The predicted molar refractivity (Wildman–Crippen MR) is 56.2 cm³/mol. The van der Waals surface area contributed by atoms with E-state index < -0.39 is 0 Å². The lowest BCUT2D eigenvalue weighted by Gasteiger charge is -1.78. The van der Waals surface area contributed by atoms with Crippen molar-refractivity contribution in [3.05, 3.63) is 59.3 Å². The summed E-state index contributed by atoms with van der Waals surface area (Å²) in [7, 11) is 0. The summed E-state index contributed by atoms with van der Waals surface area (Å²) in [6, 6.07) is 13.8. The fourth-order valence-corrected chi connectivity index (χ4v) is 0.869. The van der Waals surface area contributed by atoms with Crippen molar-refractivity contribution in [2.45, 2.75) is 0 Å². The normalized spacial score (nSPS) is 8.38. The van der Waals surface area contributed by atoms with Crippen molar-refractivity contribution in [2.75, 3.05) is 0 Å². The van der Waals surface area contributed by atoms with Crippen molar-refractivity contribution in [2.24, 2.45) is 0 Å². The van der Waals surface area contributed by atoms with E-state index in [2.05, 4.69) is 26.1 Å². The average molecular weight is 237 g/mol. The fraction of sp³-hybridized carbons (Fsp3) is 0. The van der Waals surface area contributed by atoms with Crippen molar-refractivity contribution in [1.29, 1.82) is 0 Å². The molecule has 1 aromatic carbocycles. The molecule has 0 saturated heterocycles. The Hall–Kier alpha value is -1.22. The van der Waals surface area contributed by atoms with Gasteiger partial charge in [0.25, 0.3) is 0 Å². The van der Waals surface area contributed by atoms with Crippen molar-refractivity contribution < 1.29 is 0 Å². The molecule has 0 atom stereocenters.